The summed E-state index contributed by atoms with van der Waals surface area (Å²) < 4.78 is 15.6. The van der Waals surface area contributed by atoms with Crippen molar-refractivity contribution >= 4 is 17.6 Å². The Morgan fingerprint density at radius 2 is 1.50 bits per heavy atom. The van der Waals surface area contributed by atoms with E-state index in [1.165, 1.54) is 33.3 Å². The number of hydrogen-bond acceptors (Lipinski definition) is 5. The van der Waals surface area contributed by atoms with Gasteiger partial charge in [-0.3, -0.25) is 4.79 Å². The number of methoxy groups -OCH3 is 2. The molecule has 1 atom stereocenters. The number of para-hydroxylation sites is 1. The summed E-state index contributed by atoms with van der Waals surface area (Å²) in [4.78, 5) is 24.8. The topological polar surface area (TPSA) is 73.9 Å². The zero-order valence-corrected chi connectivity index (χ0v) is 15.6. The Labute approximate surface area is 153 Å². The quantitative estimate of drug-likeness (QED) is 0.801. The smallest absolute Gasteiger partial charge is 0.339 e. The van der Waals surface area contributed by atoms with E-state index in [1.54, 1.807) is 6.07 Å². The molecule has 1 amide bonds. The minimum atomic E-state index is -0.960. The van der Waals surface area contributed by atoms with E-state index in [9.17, 15) is 9.59 Å². The molecule has 0 radical (unpaired) electrons. The molecule has 0 aliphatic carbocycles. The van der Waals surface area contributed by atoms with Gasteiger partial charge in [-0.05, 0) is 44.0 Å². The number of carbonyl (C=O) groups is 2. The van der Waals surface area contributed by atoms with E-state index < -0.39 is 18.0 Å². The molecular weight excluding hydrogens is 334 g/mol. The lowest BCUT2D eigenvalue weighted by molar-refractivity contribution is -0.123. The third kappa shape index (κ3) is 4.53. The van der Waals surface area contributed by atoms with Crippen molar-refractivity contribution in [2.75, 3.05) is 19.5 Å². The van der Waals surface area contributed by atoms with Gasteiger partial charge in [0.05, 0.1) is 19.8 Å². The molecule has 0 aromatic heterocycles. The second-order valence-corrected chi connectivity index (χ2v) is 5.90. The fourth-order valence-electron chi connectivity index (χ4n) is 2.44. The lowest BCUT2D eigenvalue weighted by atomic mass is 10.1. The largest absolute Gasteiger partial charge is 0.497 e. The maximum Gasteiger partial charge on any atom is 0.339 e. The van der Waals surface area contributed by atoms with Gasteiger partial charge in [0.2, 0.25) is 0 Å². The number of esters is 1. The van der Waals surface area contributed by atoms with E-state index in [2.05, 4.69) is 5.32 Å². The molecule has 2 aromatic rings. The van der Waals surface area contributed by atoms with Crippen molar-refractivity contribution in [3.63, 3.8) is 0 Å². The minimum Gasteiger partial charge on any atom is -0.497 e. The van der Waals surface area contributed by atoms with Crippen LogP contribution in [0.1, 0.15) is 28.4 Å². The minimum absolute atomic E-state index is 0.243. The zero-order valence-electron chi connectivity index (χ0n) is 15.6. The van der Waals surface area contributed by atoms with Crippen molar-refractivity contribution in [1.29, 1.82) is 0 Å². The molecule has 138 valence electrons. The third-order valence-electron chi connectivity index (χ3n) is 3.97. The molecule has 0 saturated heterocycles. The number of amides is 1. The van der Waals surface area contributed by atoms with Crippen LogP contribution in [0.5, 0.6) is 11.5 Å². The molecule has 0 bridgehead atoms. The highest BCUT2D eigenvalue weighted by Crippen LogP contribution is 2.24. The fraction of sp³-hybridized carbons (Fsp3) is 0.300. The maximum absolute atomic E-state index is 12.4. The van der Waals surface area contributed by atoms with Crippen LogP contribution in [-0.2, 0) is 9.53 Å². The average molecular weight is 357 g/mol. The maximum atomic E-state index is 12.4. The number of hydrogen-bond donors (Lipinski definition) is 1. The van der Waals surface area contributed by atoms with E-state index in [4.69, 9.17) is 14.2 Å². The van der Waals surface area contributed by atoms with Crippen molar-refractivity contribution < 1.29 is 23.8 Å². The summed E-state index contributed by atoms with van der Waals surface area (Å²) in [5.74, 6) is -0.107. The van der Waals surface area contributed by atoms with Gasteiger partial charge in [0.25, 0.3) is 5.91 Å². The summed E-state index contributed by atoms with van der Waals surface area (Å²) in [6, 6.07) is 10.4. The second-order valence-electron chi connectivity index (χ2n) is 5.90. The molecule has 1 N–H and O–H groups in total. The Hall–Kier alpha value is -3.02. The van der Waals surface area contributed by atoms with Crippen LogP contribution in [0.2, 0.25) is 0 Å². The summed E-state index contributed by atoms with van der Waals surface area (Å²) in [6.45, 7) is 5.34. The van der Waals surface area contributed by atoms with E-state index >= 15 is 0 Å². The second kappa shape index (κ2) is 8.38. The van der Waals surface area contributed by atoms with Gasteiger partial charge in [0.15, 0.2) is 6.10 Å². The van der Waals surface area contributed by atoms with Gasteiger partial charge < -0.3 is 19.5 Å². The molecule has 2 aromatic carbocycles. The first-order valence-corrected chi connectivity index (χ1v) is 8.16. The predicted octanol–water partition coefficient (Wildman–Crippen LogP) is 3.50. The number of benzene rings is 2. The van der Waals surface area contributed by atoms with Gasteiger partial charge in [-0.1, -0.05) is 18.2 Å². The molecule has 26 heavy (non-hydrogen) atoms. The molecule has 2 rings (SSSR count). The first-order chi connectivity index (χ1) is 12.3. The van der Waals surface area contributed by atoms with Gasteiger partial charge in [-0.25, -0.2) is 4.79 Å². The van der Waals surface area contributed by atoms with Crippen LogP contribution < -0.4 is 14.8 Å². The summed E-state index contributed by atoms with van der Waals surface area (Å²) in [6.07, 6.45) is -0.960. The molecule has 0 fully saturated rings. The summed E-state index contributed by atoms with van der Waals surface area (Å²) in [5, 5.41) is 2.81. The molecule has 0 aliphatic rings. The van der Waals surface area contributed by atoms with Crippen LogP contribution in [-0.4, -0.2) is 32.2 Å². The monoisotopic (exact) mass is 357 g/mol. The summed E-state index contributed by atoms with van der Waals surface area (Å²) >= 11 is 0. The van der Waals surface area contributed by atoms with Crippen molar-refractivity contribution in [2.24, 2.45) is 0 Å². The molecule has 0 saturated carbocycles. The summed E-state index contributed by atoms with van der Waals surface area (Å²) in [5.41, 5.74) is 2.85. The van der Waals surface area contributed by atoms with Gasteiger partial charge in [-0.2, -0.15) is 0 Å². The molecule has 6 heteroatoms. The lowest BCUT2D eigenvalue weighted by Gasteiger charge is -2.16. The normalized spacial score (nSPS) is 11.4. The van der Waals surface area contributed by atoms with E-state index in [-0.39, 0.29) is 5.56 Å². The fourth-order valence-corrected chi connectivity index (χ4v) is 2.44. The van der Waals surface area contributed by atoms with Crippen molar-refractivity contribution in [2.45, 2.75) is 26.9 Å². The number of rotatable bonds is 6. The standard InChI is InChI=1S/C20H23NO5/c1-12-7-6-8-13(2)18(12)21-19(22)14(3)26-20(23)15-9-16(24-4)11-17(10-15)25-5/h6-11,14H,1-5H3,(H,21,22). The van der Waals surface area contributed by atoms with Crippen LogP contribution in [0.4, 0.5) is 5.69 Å². The first-order valence-electron chi connectivity index (χ1n) is 8.16. The Morgan fingerprint density at radius 1 is 0.962 bits per heavy atom. The Morgan fingerprint density at radius 3 is 2.00 bits per heavy atom. The highest BCUT2D eigenvalue weighted by atomic mass is 16.5. The highest BCUT2D eigenvalue weighted by molar-refractivity contribution is 5.98. The Kier molecular flexibility index (Phi) is 6.22. The molecule has 6 nitrogen and oxygen atoms in total. The highest BCUT2D eigenvalue weighted by Gasteiger charge is 2.21. The van der Waals surface area contributed by atoms with E-state index in [0.717, 1.165) is 16.8 Å². The number of nitrogens with one attached hydrogen (secondary N) is 1. The van der Waals surface area contributed by atoms with Crippen molar-refractivity contribution in [1.82, 2.24) is 0 Å². The lowest BCUT2D eigenvalue weighted by Crippen LogP contribution is -2.30. The predicted molar refractivity (Wildman–Crippen MR) is 99.0 cm³/mol. The molecule has 0 aliphatic heterocycles. The number of carbonyl (C=O) groups excluding carboxylic acids is 2. The van der Waals surface area contributed by atoms with Crippen molar-refractivity contribution in [3.8, 4) is 11.5 Å². The first kappa shape index (κ1) is 19.3. The van der Waals surface area contributed by atoms with E-state index in [1.807, 2.05) is 32.0 Å². The van der Waals surface area contributed by atoms with E-state index in [0.29, 0.717) is 11.5 Å². The van der Waals surface area contributed by atoms with Gasteiger partial charge in [0, 0.05) is 11.8 Å². The van der Waals surface area contributed by atoms with Crippen LogP contribution in [0.3, 0.4) is 0 Å². The van der Waals surface area contributed by atoms with Crippen LogP contribution in [0, 0.1) is 13.8 Å². The van der Waals surface area contributed by atoms with Crippen molar-refractivity contribution in [3.05, 3.63) is 53.1 Å². The van der Waals surface area contributed by atoms with Gasteiger partial charge in [0.1, 0.15) is 11.5 Å². The number of anilines is 1. The average Bonchev–Trinajstić information content (AvgIpc) is 2.63. The van der Waals surface area contributed by atoms with Gasteiger partial charge in [-0.15, -0.1) is 0 Å². The van der Waals surface area contributed by atoms with Gasteiger partial charge >= 0.3 is 5.97 Å². The van der Waals surface area contributed by atoms with Crippen LogP contribution >= 0.6 is 0 Å². The SMILES string of the molecule is COc1cc(OC)cc(C(=O)OC(C)C(=O)Nc2c(C)cccc2C)c1. The molecule has 0 heterocycles. The molecule has 0 spiro atoms. The number of ether oxygens (including phenoxy) is 3. The Balaban J connectivity index is 2.10. The number of aryl methyl sites for hydroxylation is 2. The Bertz CT molecular complexity index is 773. The molecular formula is C20H23NO5. The molecule has 1 unspecified atom stereocenters. The summed E-state index contributed by atoms with van der Waals surface area (Å²) in [7, 11) is 2.98. The third-order valence-corrected chi connectivity index (χ3v) is 3.97. The van der Waals surface area contributed by atoms with Crippen LogP contribution in [0.25, 0.3) is 0 Å². The zero-order chi connectivity index (χ0) is 19.3. The van der Waals surface area contributed by atoms with Crippen LogP contribution in [0.15, 0.2) is 36.4 Å².